The molecule has 0 unspecified atom stereocenters. The summed E-state index contributed by atoms with van der Waals surface area (Å²) in [7, 11) is 1.64. The Bertz CT molecular complexity index is 1100. The van der Waals surface area contributed by atoms with Gasteiger partial charge < -0.3 is 14.8 Å². The number of hydrogen-bond donors (Lipinski definition) is 2. The Morgan fingerprint density at radius 1 is 0.900 bits per heavy atom. The Morgan fingerprint density at radius 3 is 2.07 bits per heavy atom. The lowest BCUT2D eigenvalue weighted by Gasteiger charge is -2.05. The standard InChI is InChI=1S/C24H20Cl2N2O2/c1-14-20(25)11-18(12-21(14)26)24-27-22(16-5-3-15(13-29)4-6-16)23(28-24)17-7-9-19(30-2)10-8-17/h3-12,29H,13H2,1-2H3,(H,27,28). The third-order valence-electron chi connectivity index (χ3n) is 5.05. The van der Waals surface area contributed by atoms with Crippen molar-refractivity contribution < 1.29 is 9.84 Å². The predicted octanol–water partition coefficient (Wildman–Crippen LogP) is 6.53. The van der Waals surface area contributed by atoms with Gasteiger partial charge in [0, 0.05) is 26.7 Å². The summed E-state index contributed by atoms with van der Waals surface area (Å²) in [6.07, 6.45) is 0. The minimum Gasteiger partial charge on any atom is -0.497 e. The van der Waals surface area contributed by atoms with Crippen LogP contribution in [0.15, 0.2) is 60.7 Å². The van der Waals surface area contributed by atoms with Crippen LogP contribution in [-0.2, 0) is 6.61 Å². The van der Waals surface area contributed by atoms with Gasteiger partial charge in [-0.05, 0) is 54.4 Å². The van der Waals surface area contributed by atoms with E-state index in [1.165, 1.54) is 0 Å². The van der Waals surface area contributed by atoms with E-state index in [0.717, 1.165) is 45.0 Å². The number of aromatic nitrogens is 2. The maximum Gasteiger partial charge on any atom is 0.138 e. The minimum atomic E-state index is -0.00219. The van der Waals surface area contributed by atoms with Crippen LogP contribution in [0.3, 0.4) is 0 Å². The van der Waals surface area contributed by atoms with Gasteiger partial charge in [-0.25, -0.2) is 4.98 Å². The van der Waals surface area contributed by atoms with Crippen LogP contribution in [0.1, 0.15) is 11.1 Å². The molecule has 0 aliphatic heterocycles. The Labute approximate surface area is 185 Å². The van der Waals surface area contributed by atoms with Crippen LogP contribution < -0.4 is 4.74 Å². The number of imidazole rings is 1. The molecule has 0 aliphatic rings. The molecular weight excluding hydrogens is 419 g/mol. The molecule has 1 heterocycles. The molecule has 4 aromatic rings. The first-order chi connectivity index (χ1) is 14.5. The number of methoxy groups -OCH3 is 1. The summed E-state index contributed by atoms with van der Waals surface area (Å²) >= 11 is 12.7. The van der Waals surface area contributed by atoms with E-state index in [1.54, 1.807) is 7.11 Å². The van der Waals surface area contributed by atoms with Gasteiger partial charge in [-0.2, -0.15) is 0 Å². The molecule has 152 valence electrons. The van der Waals surface area contributed by atoms with E-state index < -0.39 is 0 Å². The van der Waals surface area contributed by atoms with Crippen molar-refractivity contribution in [2.24, 2.45) is 0 Å². The van der Waals surface area contributed by atoms with Crippen LogP contribution >= 0.6 is 23.2 Å². The second kappa shape index (κ2) is 8.52. The maximum atomic E-state index is 9.35. The van der Waals surface area contributed by atoms with E-state index in [2.05, 4.69) is 4.98 Å². The van der Waals surface area contributed by atoms with Crippen molar-refractivity contribution in [1.29, 1.82) is 0 Å². The number of benzene rings is 3. The average Bonchev–Trinajstić information content (AvgIpc) is 3.22. The fourth-order valence-corrected chi connectivity index (χ4v) is 3.72. The summed E-state index contributed by atoms with van der Waals surface area (Å²) in [5, 5.41) is 10.5. The lowest BCUT2D eigenvalue weighted by molar-refractivity contribution is 0.282. The number of hydrogen-bond acceptors (Lipinski definition) is 3. The highest BCUT2D eigenvalue weighted by atomic mass is 35.5. The van der Waals surface area contributed by atoms with Gasteiger partial charge in [0.1, 0.15) is 11.6 Å². The van der Waals surface area contributed by atoms with E-state index in [-0.39, 0.29) is 6.61 Å². The second-order valence-corrected chi connectivity index (χ2v) is 7.77. The third kappa shape index (κ3) is 3.94. The molecule has 0 aliphatic carbocycles. The third-order valence-corrected chi connectivity index (χ3v) is 5.83. The predicted molar refractivity (Wildman–Crippen MR) is 122 cm³/mol. The van der Waals surface area contributed by atoms with Gasteiger partial charge in [0.2, 0.25) is 0 Å². The smallest absolute Gasteiger partial charge is 0.138 e. The second-order valence-electron chi connectivity index (χ2n) is 6.96. The largest absolute Gasteiger partial charge is 0.497 e. The normalized spacial score (nSPS) is 11.0. The number of ether oxygens (including phenoxy) is 1. The summed E-state index contributed by atoms with van der Waals surface area (Å²) < 4.78 is 5.28. The van der Waals surface area contributed by atoms with E-state index >= 15 is 0 Å². The summed E-state index contributed by atoms with van der Waals surface area (Å²) in [5.41, 5.74) is 6.07. The van der Waals surface area contributed by atoms with E-state index in [0.29, 0.717) is 15.9 Å². The van der Waals surface area contributed by atoms with Crippen molar-refractivity contribution in [1.82, 2.24) is 9.97 Å². The molecule has 0 fully saturated rings. The molecule has 4 nitrogen and oxygen atoms in total. The maximum absolute atomic E-state index is 9.35. The molecule has 0 atom stereocenters. The van der Waals surface area contributed by atoms with Crippen molar-refractivity contribution in [3.8, 4) is 39.7 Å². The molecule has 0 bridgehead atoms. The highest BCUT2D eigenvalue weighted by Crippen LogP contribution is 2.36. The van der Waals surface area contributed by atoms with E-state index in [1.807, 2.05) is 67.6 Å². The van der Waals surface area contributed by atoms with Gasteiger partial charge in [0.25, 0.3) is 0 Å². The molecule has 2 N–H and O–H groups in total. The fraction of sp³-hybridized carbons (Fsp3) is 0.125. The summed E-state index contributed by atoms with van der Waals surface area (Å²) in [5.74, 6) is 1.45. The Kier molecular flexibility index (Phi) is 5.82. The summed E-state index contributed by atoms with van der Waals surface area (Å²) in [4.78, 5) is 8.30. The molecule has 1 aromatic heterocycles. The average molecular weight is 439 g/mol. The van der Waals surface area contributed by atoms with Crippen LogP contribution in [0.4, 0.5) is 0 Å². The number of aliphatic hydroxyl groups is 1. The van der Waals surface area contributed by atoms with Crippen LogP contribution in [0.25, 0.3) is 33.9 Å². The lowest BCUT2D eigenvalue weighted by atomic mass is 10.0. The molecule has 0 amide bonds. The van der Waals surface area contributed by atoms with Crippen molar-refractivity contribution in [3.63, 3.8) is 0 Å². The molecule has 30 heavy (non-hydrogen) atoms. The van der Waals surface area contributed by atoms with Crippen LogP contribution in [0.5, 0.6) is 5.75 Å². The molecule has 0 radical (unpaired) electrons. The minimum absolute atomic E-state index is 0.00219. The van der Waals surface area contributed by atoms with Gasteiger partial charge in [0.05, 0.1) is 25.1 Å². The summed E-state index contributed by atoms with van der Waals surface area (Å²) in [6, 6.07) is 19.2. The van der Waals surface area contributed by atoms with Crippen molar-refractivity contribution in [2.45, 2.75) is 13.5 Å². The Morgan fingerprint density at radius 2 is 1.50 bits per heavy atom. The highest BCUT2D eigenvalue weighted by molar-refractivity contribution is 6.36. The van der Waals surface area contributed by atoms with Crippen LogP contribution in [0.2, 0.25) is 10.0 Å². The number of nitrogens with zero attached hydrogens (tertiary/aromatic N) is 1. The van der Waals surface area contributed by atoms with Gasteiger partial charge in [0.15, 0.2) is 0 Å². The molecular formula is C24H20Cl2N2O2. The van der Waals surface area contributed by atoms with Crippen molar-refractivity contribution >= 4 is 23.2 Å². The number of aliphatic hydroxyl groups excluding tert-OH is 1. The van der Waals surface area contributed by atoms with E-state index in [9.17, 15) is 5.11 Å². The van der Waals surface area contributed by atoms with Crippen molar-refractivity contribution in [2.75, 3.05) is 7.11 Å². The molecule has 4 rings (SSSR count). The lowest BCUT2D eigenvalue weighted by Crippen LogP contribution is -1.87. The molecule has 0 saturated carbocycles. The monoisotopic (exact) mass is 438 g/mol. The topological polar surface area (TPSA) is 58.1 Å². The van der Waals surface area contributed by atoms with E-state index in [4.69, 9.17) is 32.9 Å². The zero-order chi connectivity index (χ0) is 21.3. The van der Waals surface area contributed by atoms with Gasteiger partial charge in [-0.3, -0.25) is 0 Å². The quantitative estimate of drug-likeness (QED) is 0.372. The van der Waals surface area contributed by atoms with Gasteiger partial charge in [-0.1, -0.05) is 47.5 Å². The fourth-order valence-electron chi connectivity index (χ4n) is 3.24. The first-order valence-corrected chi connectivity index (χ1v) is 10.2. The van der Waals surface area contributed by atoms with Gasteiger partial charge in [-0.15, -0.1) is 0 Å². The van der Waals surface area contributed by atoms with Crippen LogP contribution in [-0.4, -0.2) is 22.2 Å². The number of H-pyrrole nitrogens is 1. The molecule has 3 aromatic carbocycles. The molecule has 0 saturated heterocycles. The molecule has 0 spiro atoms. The first kappa shape index (κ1) is 20.5. The summed E-state index contributed by atoms with van der Waals surface area (Å²) in [6.45, 7) is 1.88. The highest BCUT2D eigenvalue weighted by Gasteiger charge is 2.17. The van der Waals surface area contributed by atoms with Gasteiger partial charge >= 0.3 is 0 Å². The SMILES string of the molecule is COc1ccc(-c2[nH]c(-c3cc(Cl)c(C)c(Cl)c3)nc2-c2ccc(CO)cc2)cc1. The number of aromatic amines is 1. The Hall–Kier alpha value is -2.79. The number of nitrogens with one attached hydrogen (secondary N) is 1. The molecule has 6 heteroatoms. The first-order valence-electron chi connectivity index (χ1n) is 9.40. The number of halogens is 2. The zero-order valence-corrected chi connectivity index (χ0v) is 18.1. The van der Waals surface area contributed by atoms with Crippen molar-refractivity contribution in [3.05, 3.63) is 81.8 Å². The Balaban J connectivity index is 1.88. The number of rotatable bonds is 5. The van der Waals surface area contributed by atoms with Crippen LogP contribution in [0, 0.1) is 6.92 Å². The zero-order valence-electron chi connectivity index (χ0n) is 16.5.